The number of alkyl halides is 3. The van der Waals surface area contributed by atoms with Crippen molar-refractivity contribution in [2.75, 3.05) is 47.0 Å². The molecule has 194 valence electrons. The van der Waals surface area contributed by atoms with Crippen molar-refractivity contribution in [2.45, 2.75) is 13.3 Å². The molecule has 3 aromatic rings. The number of anilines is 4. The van der Waals surface area contributed by atoms with Crippen LogP contribution in [0.1, 0.15) is 5.56 Å². The van der Waals surface area contributed by atoms with Gasteiger partial charge in [-0.2, -0.15) is 0 Å². The van der Waals surface area contributed by atoms with Crippen LogP contribution in [-0.2, 0) is 0 Å². The second-order valence-electron chi connectivity index (χ2n) is 8.24. The molecule has 12 heteroatoms. The Morgan fingerprint density at radius 3 is 2.27 bits per heavy atom. The number of nitrogens with zero attached hydrogens (tertiary/aromatic N) is 3. The third kappa shape index (κ3) is 7.03. The zero-order chi connectivity index (χ0) is 26.4. The highest BCUT2D eigenvalue weighted by atomic mass is 19.4. The van der Waals surface area contributed by atoms with Gasteiger partial charge in [0.15, 0.2) is 5.75 Å². The van der Waals surface area contributed by atoms with E-state index in [0.717, 1.165) is 17.3 Å². The first-order valence-electron chi connectivity index (χ1n) is 11.4. The van der Waals surface area contributed by atoms with Gasteiger partial charge in [-0.25, -0.2) is 14.6 Å². The number of piperazine rings is 1. The molecule has 0 radical (unpaired) electrons. The van der Waals surface area contributed by atoms with Crippen molar-refractivity contribution in [2.24, 2.45) is 0 Å². The molecule has 1 aliphatic rings. The van der Waals surface area contributed by atoms with Crippen molar-refractivity contribution in [1.29, 1.82) is 0 Å². The van der Waals surface area contributed by atoms with Gasteiger partial charge < -0.3 is 25.2 Å². The molecule has 2 aromatic carbocycles. The largest absolute Gasteiger partial charge is 0.573 e. The van der Waals surface area contributed by atoms with Crippen LogP contribution in [0.15, 0.2) is 66.9 Å². The number of amides is 4. The highest BCUT2D eigenvalue weighted by molar-refractivity contribution is 6.00. The van der Waals surface area contributed by atoms with E-state index in [2.05, 4.69) is 30.6 Å². The molecule has 1 aliphatic heterocycles. The Kier molecular flexibility index (Phi) is 7.66. The molecular formula is C25H25F3N6O3. The average molecular weight is 515 g/mol. The number of pyridine rings is 1. The van der Waals surface area contributed by atoms with Gasteiger partial charge in [0.05, 0.1) is 5.69 Å². The number of carbonyl (C=O) groups is 2. The number of para-hydroxylation sites is 2. The topological polar surface area (TPSA) is 98.8 Å². The van der Waals surface area contributed by atoms with Gasteiger partial charge in [-0.15, -0.1) is 13.2 Å². The first kappa shape index (κ1) is 25.6. The Morgan fingerprint density at radius 1 is 0.892 bits per heavy atom. The van der Waals surface area contributed by atoms with Crippen LogP contribution in [0, 0.1) is 6.92 Å². The summed E-state index contributed by atoms with van der Waals surface area (Å²) < 4.78 is 41.7. The third-order valence-corrected chi connectivity index (χ3v) is 5.65. The first-order chi connectivity index (χ1) is 17.7. The maximum absolute atomic E-state index is 12.6. The number of rotatable bonds is 5. The van der Waals surface area contributed by atoms with Crippen LogP contribution in [0.4, 0.5) is 45.6 Å². The lowest BCUT2D eigenvalue weighted by Gasteiger charge is -2.36. The highest BCUT2D eigenvalue weighted by Gasteiger charge is 2.32. The standard InChI is InChI=1S/C25H25F3N6O3/c1-17-5-4-12-29-22(17)32-24(36)34-15-13-33(14-16-34)19-10-8-18(9-11-19)30-23(35)31-20-6-2-3-7-21(20)37-25(26,27)28/h2-12H,13-16H2,1H3,(H,29,32,36)(H2,30,31,35). The van der Waals surface area contributed by atoms with Crippen LogP contribution < -0.4 is 25.6 Å². The van der Waals surface area contributed by atoms with E-state index in [4.69, 9.17) is 0 Å². The monoisotopic (exact) mass is 514 g/mol. The number of carbonyl (C=O) groups excluding carboxylic acids is 2. The summed E-state index contributed by atoms with van der Waals surface area (Å²) in [5.74, 6) is 0.0295. The van der Waals surface area contributed by atoms with Gasteiger partial charge in [-0.1, -0.05) is 18.2 Å². The van der Waals surface area contributed by atoms with Gasteiger partial charge in [0.1, 0.15) is 5.82 Å². The molecule has 0 spiro atoms. The molecule has 0 atom stereocenters. The first-order valence-corrected chi connectivity index (χ1v) is 11.4. The number of ether oxygens (including phenoxy) is 1. The summed E-state index contributed by atoms with van der Waals surface area (Å²) in [4.78, 5) is 32.9. The summed E-state index contributed by atoms with van der Waals surface area (Å²) >= 11 is 0. The third-order valence-electron chi connectivity index (χ3n) is 5.65. The van der Waals surface area contributed by atoms with E-state index < -0.39 is 18.1 Å². The number of halogens is 3. The number of hydrogen-bond donors (Lipinski definition) is 3. The summed E-state index contributed by atoms with van der Waals surface area (Å²) in [6.07, 6.45) is -3.25. The van der Waals surface area contributed by atoms with Crippen LogP contribution in [0.5, 0.6) is 5.75 Å². The Bertz CT molecular complexity index is 1240. The van der Waals surface area contributed by atoms with Crippen molar-refractivity contribution in [3.63, 3.8) is 0 Å². The molecule has 3 N–H and O–H groups in total. The molecule has 0 bridgehead atoms. The highest BCUT2D eigenvalue weighted by Crippen LogP contribution is 2.30. The van der Waals surface area contributed by atoms with Gasteiger partial charge in [0.2, 0.25) is 0 Å². The molecule has 37 heavy (non-hydrogen) atoms. The minimum absolute atomic E-state index is 0.117. The van der Waals surface area contributed by atoms with Crippen molar-refractivity contribution < 1.29 is 27.5 Å². The van der Waals surface area contributed by atoms with Crippen molar-refractivity contribution >= 4 is 34.9 Å². The maximum Gasteiger partial charge on any atom is 0.573 e. The summed E-state index contributed by atoms with van der Waals surface area (Å²) in [5.41, 5.74) is 2.14. The van der Waals surface area contributed by atoms with Gasteiger partial charge >= 0.3 is 18.4 Å². The molecule has 1 aromatic heterocycles. The van der Waals surface area contributed by atoms with Crippen LogP contribution in [0.2, 0.25) is 0 Å². The van der Waals surface area contributed by atoms with Gasteiger partial charge in [-0.05, 0) is 55.0 Å². The fraction of sp³-hybridized carbons (Fsp3) is 0.240. The zero-order valence-corrected chi connectivity index (χ0v) is 19.9. The van der Waals surface area contributed by atoms with E-state index >= 15 is 0 Å². The Morgan fingerprint density at radius 2 is 1.59 bits per heavy atom. The van der Waals surface area contributed by atoms with Gasteiger partial charge in [0, 0.05) is 43.8 Å². The van der Waals surface area contributed by atoms with E-state index in [9.17, 15) is 22.8 Å². The van der Waals surface area contributed by atoms with Crippen LogP contribution in [0.25, 0.3) is 0 Å². The average Bonchev–Trinajstić information content (AvgIpc) is 2.86. The number of benzene rings is 2. The summed E-state index contributed by atoms with van der Waals surface area (Å²) in [5, 5.41) is 7.79. The van der Waals surface area contributed by atoms with Crippen LogP contribution >= 0.6 is 0 Å². The summed E-state index contributed by atoms with van der Waals surface area (Å²) in [6, 6.07) is 15.1. The number of aryl methyl sites for hydroxylation is 1. The smallest absolute Gasteiger partial charge is 0.404 e. The minimum atomic E-state index is -4.88. The molecule has 0 unspecified atom stereocenters. The van der Waals surface area contributed by atoms with Gasteiger partial charge in [-0.3, -0.25) is 5.32 Å². The van der Waals surface area contributed by atoms with E-state index in [0.29, 0.717) is 37.7 Å². The van der Waals surface area contributed by atoms with Crippen molar-refractivity contribution in [3.05, 3.63) is 72.4 Å². The number of urea groups is 2. The molecule has 1 saturated heterocycles. The molecular weight excluding hydrogens is 489 g/mol. The molecule has 1 fully saturated rings. The Balaban J connectivity index is 1.28. The molecule has 4 rings (SSSR count). The fourth-order valence-electron chi connectivity index (χ4n) is 3.79. The van der Waals surface area contributed by atoms with E-state index in [1.807, 2.05) is 31.2 Å². The Labute approximate surface area is 211 Å². The SMILES string of the molecule is Cc1cccnc1NC(=O)N1CCN(c2ccc(NC(=O)Nc3ccccc3OC(F)(F)F)cc2)CC1. The van der Waals surface area contributed by atoms with E-state index in [1.165, 1.54) is 18.2 Å². The molecule has 4 amide bonds. The normalized spacial score (nSPS) is 13.6. The fourth-order valence-corrected chi connectivity index (χ4v) is 3.79. The molecule has 0 saturated carbocycles. The second-order valence-corrected chi connectivity index (χ2v) is 8.24. The van der Waals surface area contributed by atoms with Crippen molar-refractivity contribution in [3.8, 4) is 5.75 Å². The van der Waals surface area contributed by atoms with Crippen LogP contribution in [-0.4, -0.2) is 54.5 Å². The Hall–Kier alpha value is -4.48. The summed E-state index contributed by atoms with van der Waals surface area (Å²) in [7, 11) is 0. The lowest BCUT2D eigenvalue weighted by Crippen LogP contribution is -2.50. The lowest BCUT2D eigenvalue weighted by atomic mass is 10.2. The predicted molar refractivity (Wildman–Crippen MR) is 134 cm³/mol. The van der Waals surface area contributed by atoms with Crippen molar-refractivity contribution in [1.82, 2.24) is 9.88 Å². The quantitative estimate of drug-likeness (QED) is 0.430. The number of nitrogens with one attached hydrogen (secondary N) is 3. The number of hydrogen-bond acceptors (Lipinski definition) is 5. The number of aromatic nitrogens is 1. The lowest BCUT2D eigenvalue weighted by molar-refractivity contribution is -0.274. The van der Waals surface area contributed by atoms with Crippen LogP contribution in [0.3, 0.4) is 0 Å². The van der Waals surface area contributed by atoms with E-state index in [1.54, 1.807) is 23.2 Å². The van der Waals surface area contributed by atoms with Gasteiger partial charge in [0.25, 0.3) is 0 Å². The molecule has 0 aliphatic carbocycles. The predicted octanol–water partition coefficient (Wildman–Crippen LogP) is 5.29. The zero-order valence-electron chi connectivity index (χ0n) is 19.9. The second kappa shape index (κ2) is 11.1. The molecule has 2 heterocycles. The van der Waals surface area contributed by atoms with E-state index in [-0.39, 0.29) is 11.7 Å². The molecule has 9 nitrogen and oxygen atoms in total. The summed E-state index contributed by atoms with van der Waals surface area (Å²) in [6.45, 7) is 4.18. The minimum Gasteiger partial charge on any atom is -0.404 e. The maximum atomic E-state index is 12.6.